The topological polar surface area (TPSA) is 8.17 Å². The maximum absolute atomic E-state index is 2.44. The van der Waals surface area contributed by atoms with Gasteiger partial charge in [-0.2, -0.15) is 0 Å². The minimum absolute atomic E-state index is 1.13. The average molecular weight is 617 g/mol. The van der Waals surface area contributed by atoms with Gasteiger partial charge in [0.15, 0.2) is 0 Å². The maximum Gasteiger partial charge on any atom is 0.0620 e. The van der Waals surface area contributed by atoms with E-state index in [1.165, 1.54) is 63.5 Å². The van der Waals surface area contributed by atoms with Gasteiger partial charge in [0.1, 0.15) is 0 Å². The van der Waals surface area contributed by atoms with Crippen molar-refractivity contribution in [3.8, 4) is 5.69 Å². The lowest BCUT2D eigenvalue weighted by atomic mass is 10.0. The van der Waals surface area contributed by atoms with E-state index in [4.69, 9.17) is 0 Å². The van der Waals surface area contributed by atoms with Gasteiger partial charge in [0.05, 0.1) is 16.7 Å². The summed E-state index contributed by atoms with van der Waals surface area (Å²) in [5, 5.41) is 10.2. The quantitative estimate of drug-likeness (QED) is 0.191. The molecule has 3 heteroatoms. The van der Waals surface area contributed by atoms with E-state index in [-0.39, 0.29) is 0 Å². The maximum atomic E-state index is 2.44. The minimum atomic E-state index is 1.13. The second-order valence-corrected chi connectivity index (χ2v) is 13.2. The van der Waals surface area contributed by atoms with Crippen molar-refractivity contribution in [3.63, 3.8) is 0 Å². The van der Waals surface area contributed by atoms with Crippen LogP contribution in [0, 0.1) is 0 Å². The van der Waals surface area contributed by atoms with Crippen LogP contribution in [0.1, 0.15) is 0 Å². The number of para-hydroxylation sites is 2. The summed E-state index contributed by atoms with van der Waals surface area (Å²) in [5.74, 6) is 0. The van der Waals surface area contributed by atoms with Crippen molar-refractivity contribution < 1.29 is 0 Å². The highest BCUT2D eigenvalue weighted by atomic mass is 32.1. The third-order valence-corrected chi connectivity index (χ3v) is 10.7. The van der Waals surface area contributed by atoms with Gasteiger partial charge in [-0.05, 0) is 64.7 Å². The van der Waals surface area contributed by atoms with Crippen molar-refractivity contribution in [1.82, 2.24) is 4.57 Å². The third kappa shape index (κ3) is 3.97. The van der Waals surface area contributed by atoms with Gasteiger partial charge in [-0.15, -0.1) is 11.3 Å². The Balaban J connectivity index is 1.29. The number of fused-ring (bicyclic) bond motifs is 10. The molecule has 8 aromatic carbocycles. The van der Waals surface area contributed by atoms with Crippen LogP contribution in [0.25, 0.3) is 69.2 Å². The number of hydrogen-bond acceptors (Lipinski definition) is 2. The van der Waals surface area contributed by atoms with Gasteiger partial charge < -0.3 is 9.47 Å². The van der Waals surface area contributed by atoms with E-state index in [0.29, 0.717) is 0 Å². The molecule has 0 fully saturated rings. The second-order valence-electron chi connectivity index (χ2n) is 12.1. The number of hydrogen-bond donors (Lipinski definition) is 0. The largest absolute Gasteiger partial charge is 0.310 e. The van der Waals surface area contributed by atoms with Crippen LogP contribution in [0.4, 0.5) is 17.1 Å². The third-order valence-electron chi connectivity index (χ3n) is 9.53. The molecule has 47 heavy (non-hydrogen) atoms. The van der Waals surface area contributed by atoms with E-state index in [2.05, 4.69) is 179 Å². The summed E-state index contributed by atoms with van der Waals surface area (Å²) in [7, 11) is 0. The van der Waals surface area contributed by atoms with Crippen molar-refractivity contribution in [2.75, 3.05) is 4.90 Å². The fourth-order valence-electron chi connectivity index (χ4n) is 7.48. The number of benzene rings is 8. The molecular weight excluding hydrogens is 589 g/mol. The van der Waals surface area contributed by atoms with E-state index in [9.17, 15) is 0 Å². The first-order valence-electron chi connectivity index (χ1n) is 16.0. The average Bonchev–Trinajstić information content (AvgIpc) is 3.69. The van der Waals surface area contributed by atoms with Crippen LogP contribution < -0.4 is 4.90 Å². The summed E-state index contributed by atoms with van der Waals surface area (Å²) in [5.41, 5.74) is 7.02. The first-order valence-corrected chi connectivity index (χ1v) is 16.8. The van der Waals surface area contributed by atoms with E-state index in [1.807, 2.05) is 11.3 Å². The molecule has 2 nitrogen and oxygen atoms in total. The molecule has 220 valence electrons. The van der Waals surface area contributed by atoms with Crippen molar-refractivity contribution >= 4 is 91.9 Å². The van der Waals surface area contributed by atoms with E-state index < -0.39 is 0 Å². The van der Waals surface area contributed by atoms with E-state index in [1.54, 1.807) is 0 Å². The van der Waals surface area contributed by atoms with Crippen LogP contribution in [0.15, 0.2) is 170 Å². The zero-order chi connectivity index (χ0) is 30.9. The molecular formula is C44H28N2S. The summed E-state index contributed by atoms with van der Waals surface area (Å²) in [6.07, 6.45) is 0. The molecule has 0 atom stereocenters. The normalized spacial score (nSPS) is 11.8. The summed E-state index contributed by atoms with van der Waals surface area (Å²) in [6, 6.07) is 61.9. The molecule has 0 aliphatic carbocycles. The van der Waals surface area contributed by atoms with Crippen molar-refractivity contribution in [3.05, 3.63) is 170 Å². The Morgan fingerprint density at radius 3 is 1.91 bits per heavy atom. The molecule has 0 aliphatic rings. The first kappa shape index (κ1) is 26.3. The SMILES string of the molecule is c1ccc(N(c2ccc3c(c2)sc2c4ccccc4ccc32)c2cccc3c2c2ccc4ccccc4c2n3-c2ccccc2)cc1. The van der Waals surface area contributed by atoms with Gasteiger partial charge in [0.2, 0.25) is 0 Å². The lowest BCUT2D eigenvalue weighted by molar-refractivity contribution is 1.18. The molecule has 0 N–H and O–H groups in total. The van der Waals surface area contributed by atoms with Crippen LogP contribution in [0.2, 0.25) is 0 Å². The number of thiophene rings is 1. The van der Waals surface area contributed by atoms with Crippen LogP contribution >= 0.6 is 11.3 Å². The Morgan fingerprint density at radius 2 is 1.11 bits per heavy atom. The van der Waals surface area contributed by atoms with Crippen LogP contribution in [-0.2, 0) is 0 Å². The van der Waals surface area contributed by atoms with Gasteiger partial charge in [0.25, 0.3) is 0 Å². The summed E-state index contributed by atoms with van der Waals surface area (Å²) in [6.45, 7) is 0. The van der Waals surface area contributed by atoms with Gasteiger partial charge in [-0.25, -0.2) is 0 Å². The number of aromatic nitrogens is 1. The van der Waals surface area contributed by atoms with Crippen molar-refractivity contribution in [2.45, 2.75) is 0 Å². The van der Waals surface area contributed by atoms with Gasteiger partial charge in [0, 0.05) is 53.4 Å². The Labute approximate surface area is 276 Å². The number of nitrogens with zero attached hydrogens (tertiary/aromatic N) is 2. The molecule has 0 radical (unpaired) electrons. The monoisotopic (exact) mass is 616 g/mol. The molecule has 2 aromatic heterocycles. The molecule has 10 aromatic rings. The number of rotatable bonds is 4. The van der Waals surface area contributed by atoms with Crippen molar-refractivity contribution in [1.29, 1.82) is 0 Å². The fourth-order valence-corrected chi connectivity index (χ4v) is 8.75. The highest BCUT2D eigenvalue weighted by molar-refractivity contribution is 7.26. The van der Waals surface area contributed by atoms with Gasteiger partial charge in [-0.3, -0.25) is 0 Å². The van der Waals surface area contributed by atoms with Gasteiger partial charge in [-0.1, -0.05) is 121 Å². The Kier molecular flexibility index (Phi) is 5.78. The van der Waals surface area contributed by atoms with E-state index >= 15 is 0 Å². The molecule has 2 heterocycles. The predicted molar refractivity (Wildman–Crippen MR) is 203 cm³/mol. The van der Waals surface area contributed by atoms with E-state index in [0.717, 1.165) is 22.7 Å². The Bertz CT molecular complexity index is 2790. The molecule has 0 unspecified atom stereocenters. The molecule has 0 bridgehead atoms. The molecule has 0 saturated carbocycles. The molecule has 0 amide bonds. The standard InChI is InChI=1S/C44H28N2S/c1-3-14-31(15-4-1)45(33-24-27-36-37-25-22-30-13-8-10-19-35(30)44(37)47-41(36)28-33)39-20-11-21-40-42(39)38-26-23-29-12-7-9-18-34(29)43(38)46(40)32-16-5-2-6-17-32/h1-28H. The highest BCUT2D eigenvalue weighted by Crippen LogP contribution is 2.47. The smallest absolute Gasteiger partial charge is 0.0620 e. The lowest BCUT2D eigenvalue weighted by Crippen LogP contribution is -2.10. The lowest BCUT2D eigenvalue weighted by Gasteiger charge is -2.26. The van der Waals surface area contributed by atoms with Crippen molar-refractivity contribution in [2.24, 2.45) is 0 Å². The molecule has 0 saturated heterocycles. The molecule has 0 spiro atoms. The van der Waals surface area contributed by atoms with Crippen LogP contribution in [-0.4, -0.2) is 4.57 Å². The van der Waals surface area contributed by atoms with Gasteiger partial charge >= 0.3 is 0 Å². The predicted octanol–water partition coefficient (Wildman–Crippen LogP) is 12.9. The first-order chi connectivity index (χ1) is 23.3. The second kappa shape index (κ2) is 10.3. The minimum Gasteiger partial charge on any atom is -0.310 e. The zero-order valence-corrected chi connectivity index (χ0v) is 26.3. The summed E-state index contributed by atoms with van der Waals surface area (Å²) in [4.78, 5) is 2.44. The summed E-state index contributed by atoms with van der Waals surface area (Å²) >= 11 is 1.89. The highest BCUT2D eigenvalue weighted by Gasteiger charge is 2.22. The van der Waals surface area contributed by atoms with Crippen LogP contribution in [0.5, 0.6) is 0 Å². The summed E-state index contributed by atoms with van der Waals surface area (Å²) < 4.78 is 5.08. The molecule has 0 aliphatic heterocycles. The zero-order valence-electron chi connectivity index (χ0n) is 25.5. The number of anilines is 3. The molecule has 10 rings (SSSR count). The Morgan fingerprint density at radius 1 is 0.447 bits per heavy atom. The Hall–Kier alpha value is -5.90. The van der Waals surface area contributed by atoms with Crippen LogP contribution in [0.3, 0.4) is 0 Å². The fraction of sp³-hybridized carbons (Fsp3) is 0.